The summed E-state index contributed by atoms with van der Waals surface area (Å²) in [6.45, 7) is 7.26. The molecule has 2 aromatic carbocycles. The number of carbonyl (C=O) groups excluding carboxylic acids is 1. The molecule has 0 saturated carbocycles. The third-order valence-electron chi connectivity index (χ3n) is 4.75. The molecule has 0 bridgehead atoms. The van der Waals surface area contributed by atoms with E-state index in [0.29, 0.717) is 27.3 Å². The molecular weight excluding hydrogens is 429 g/mol. The van der Waals surface area contributed by atoms with Crippen LogP contribution in [0.1, 0.15) is 24.2 Å². The van der Waals surface area contributed by atoms with Crippen LogP contribution in [-0.2, 0) is 0 Å². The lowest BCUT2D eigenvalue weighted by atomic mass is 10.2. The molecule has 3 aromatic rings. The van der Waals surface area contributed by atoms with Crippen molar-refractivity contribution in [1.82, 2.24) is 9.88 Å². The van der Waals surface area contributed by atoms with Gasteiger partial charge in [-0.2, -0.15) is 0 Å². The highest BCUT2D eigenvalue weighted by atomic mass is 35.5. The van der Waals surface area contributed by atoms with Crippen molar-refractivity contribution in [3.63, 3.8) is 0 Å². The fraction of sp³-hybridized carbons (Fsp3) is 0.333. The Morgan fingerprint density at radius 2 is 1.86 bits per heavy atom. The summed E-state index contributed by atoms with van der Waals surface area (Å²) < 4.78 is 6.26. The normalized spacial score (nSPS) is 11.2. The smallest absolute Gasteiger partial charge is 0.261 e. The number of halogens is 2. The maximum absolute atomic E-state index is 13.4. The number of nitrogens with zero attached hydrogens (tertiary/aromatic N) is 3. The molecular formula is C21H23Cl2N3O2S. The fourth-order valence-electron chi connectivity index (χ4n) is 3.01. The van der Waals surface area contributed by atoms with E-state index in [2.05, 4.69) is 18.7 Å². The van der Waals surface area contributed by atoms with Crippen LogP contribution in [0.25, 0.3) is 10.2 Å². The first kappa shape index (κ1) is 21.8. The van der Waals surface area contributed by atoms with E-state index in [9.17, 15) is 4.79 Å². The van der Waals surface area contributed by atoms with Crippen LogP contribution in [0.15, 0.2) is 36.4 Å². The molecule has 29 heavy (non-hydrogen) atoms. The van der Waals surface area contributed by atoms with Crippen molar-refractivity contribution in [2.75, 3.05) is 38.2 Å². The number of amides is 1. The van der Waals surface area contributed by atoms with E-state index in [1.807, 2.05) is 18.2 Å². The van der Waals surface area contributed by atoms with E-state index in [1.165, 1.54) is 11.3 Å². The van der Waals surface area contributed by atoms with Crippen molar-refractivity contribution in [3.05, 3.63) is 52.0 Å². The molecule has 3 rings (SSSR count). The summed E-state index contributed by atoms with van der Waals surface area (Å²) in [4.78, 5) is 22.1. The quantitative estimate of drug-likeness (QED) is 0.446. The molecule has 0 aliphatic carbocycles. The summed E-state index contributed by atoms with van der Waals surface area (Å²) in [5, 5.41) is 1.46. The molecule has 0 aliphatic heterocycles. The average Bonchev–Trinajstić information content (AvgIpc) is 3.15. The molecule has 154 valence electrons. The van der Waals surface area contributed by atoms with E-state index >= 15 is 0 Å². The number of thiazole rings is 1. The summed E-state index contributed by atoms with van der Waals surface area (Å²) in [6, 6.07) is 10.6. The van der Waals surface area contributed by atoms with Crippen molar-refractivity contribution >= 4 is 55.8 Å². The highest BCUT2D eigenvalue weighted by Gasteiger charge is 2.24. The topological polar surface area (TPSA) is 45.7 Å². The van der Waals surface area contributed by atoms with Crippen LogP contribution in [0, 0.1) is 0 Å². The third-order valence-corrected chi connectivity index (χ3v) is 6.36. The molecule has 0 radical (unpaired) electrons. The van der Waals surface area contributed by atoms with Gasteiger partial charge in [0.05, 0.1) is 27.9 Å². The molecule has 0 unspecified atom stereocenters. The molecule has 0 spiro atoms. The first-order valence-corrected chi connectivity index (χ1v) is 11.0. The number of hydrogen-bond donors (Lipinski definition) is 0. The Bertz CT molecular complexity index is 1000. The number of benzene rings is 2. The average molecular weight is 452 g/mol. The predicted octanol–water partition coefficient (Wildman–Crippen LogP) is 5.60. The van der Waals surface area contributed by atoms with Gasteiger partial charge in [0.15, 0.2) is 5.13 Å². The van der Waals surface area contributed by atoms with Crippen molar-refractivity contribution < 1.29 is 9.53 Å². The summed E-state index contributed by atoms with van der Waals surface area (Å²) in [7, 11) is 1.63. The van der Waals surface area contributed by atoms with E-state index in [1.54, 1.807) is 30.2 Å². The number of likely N-dealkylation sites (N-methyl/N-ethyl adjacent to an activating group) is 1. The SMILES string of the molecule is CCN(CC)CCN(C(=O)c1cc(Cl)ccc1Cl)c1nc2ccc(OC)cc2s1. The Morgan fingerprint density at radius 3 is 2.55 bits per heavy atom. The van der Waals surface area contributed by atoms with Crippen LogP contribution in [0.5, 0.6) is 5.75 Å². The van der Waals surface area contributed by atoms with Crippen LogP contribution >= 0.6 is 34.5 Å². The van der Waals surface area contributed by atoms with Gasteiger partial charge in [0, 0.05) is 18.1 Å². The second kappa shape index (κ2) is 9.76. The predicted molar refractivity (Wildman–Crippen MR) is 122 cm³/mol. The number of ether oxygens (including phenoxy) is 1. The molecule has 1 heterocycles. The molecule has 1 amide bonds. The minimum atomic E-state index is -0.212. The van der Waals surface area contributed by atoms with Gasteiger partial charge in [-0.3, -0.25) is 9.69 Å². The number of anilines is 1. The molecule has 1 aromatic heterocycles. The van der Waals surface area contributed by atoms with Crippen molar-refractivity contribution in [2.45, 2.75) is 13.8 Å². The number of methoxy groups -OCH3 is 1. The fourth-order valence-corrected chi connectivity index (χ4v) is 4.40. The third kappa shape index (κ3) is 5.01. The number of fused-ring (bicyclic) bond motifs is 1. The second-order valence-corrected chi connectivity index (χ2v) is 8.29. The lowest BCUT2D eigenvalue weighted by molar-refractivity contribution is 0.0984. The van der Waals surface area contributed by atoms with E-state index in [0.717, 1.165) is 35.6 Å². The van der Waals surface area contributed by atoms with Gasteiger partial charge in [-0.25, -0.2) is 4.98 Å². The van der Waals surface area contributed by atoms with Gasteiger partial charge in [0.2, 0.25) is 0 Å². The van der Waals surface area contributed by atoms with E-state index in [-0.39, 0.29) is 5.91 Å². The van der Waals surface area contributed by atoms with Gasteiger partial charge >= 0.3 is 0 Å². The maximum Gasteiger partial charge on any atom is 0.261 e. The molecule has 8 heteroatoms. The second-order valence-electron chi connectivity index (χ2n) is 6.44. The Hall–Kier alpha value is -1.86. The van der Waals surface area contributed by atoms with Crippen molar-refractivity contribution in [2.24, 2.45) is 0 Å². The summed E-state index contributed by atoms with van der Waals surface area (Å²) >= 11 is 13.9. The van der Waals surface area contributed by atoms with Gasteiger partial charge in [0.25, 0.3) is 5.91 Å². The number of aromatic nitrogens is 1. The lowest BCUT2D eigenvalue weighted by Crippen LogP contribution is -2.39. The Balaban J connectivity index is 2.00. The van der Waals surface area contributed by atoms with Crippen LogP contribution in [0.2, 0.25) is 10.0 Å². The summed E-state index contributed by atoms with van der Waals surface area (Å²) in [5.74, 6) is 0.544. The first-order valence-electron chi connectivity index (χ1n) is 9.40. The highest BCUT2D eigenvalue weighted by Crippen LogP contribution is 2.33. The zero-order chi connectivity index (χ0) is 21.0. The number of rotatable bonds is 8. The van der Waals surface area contributed by atoms with E-state index < -0.39 is 0 Å². The molecule has 0 aliphatic rings. The monoisotopic (exact) mass is 451 g/mol. The Kier molecular flexibility index (Phi) is 7.35. The van der Waals surface area contributed by atoms with Crippen molar-refractivity contribution in [1.29, 1.82) is 0 Å². The molecule has 0 fully saturated rings. The largest absolute Gasteiger partial charge is 0.497 e. The van der Waals surface area contributed by atoms with E-state index in [4.69, 9.17) is 32.9 Å². The van der Waals surface area contributed by atoms with Gasteiger partial charge in [-0.1, -0.05) is 48.4 Å². The van der Waals surface area contributed by atoms with Gasteiger partial charge in [0.1, 0.15) is 5.75 Å². The maximum atomic E-state index is 13.4. The van der Waals surface area contributed by atoms with Crippen LogP contribution in [-0.4, -0.2) is 49.1 Å². The Morgan fingerprint density at radius 1 is 1.10 bits per heavy atom. The number of hydrogen-bond acceptors (Lipinski definition) is 5. The molecule has 5 nitrogen and oxygen atoms in total. The van der Waals surface area contributed by atoms with Crippen LogP contribution in [0.3, 0.4) is 0 Å². The minimum absolute atomic E-state index is 0.212. The molecule has 0 atom stereocenters. The van der Waals surface area contributed by atoms with Crippen LogP contribution in [0.4, 0.5) is 5.13 Å². The number of carbonyl (C=O) groups is 1. The molecule has 0 saturated heterocycles. The summed E-state index contributed by atoms with van der Waals surface area (Å²) in [5.41, 5.74) is 1.19. The standard InChI is InChI=1S/C21H23Cl2N3O2S/c1-4-25(5-2)10-11-26(20(27)16-12-14(22)6-8-17(16)23)21-24-18-9-7-15(28-3)13-19(18)29-21/h6-9,12-13H,4-5,10-11H2,1-3H3. The molecule has 0 N–H and O–H groups in total. The Labute approximate surface area is 184 Å². The minimum Gasteiger partial charge on any atom is -0.497 e. The zero-order valence-electron chi connectivity index (χ0n) is 16.6. The first-order chi connectivity index (χ1) is 14.0. The lowest BCUT2D eigenvalue weighted by Gasteiger charge is -2.25. The summed E-state index contributed by atoms with van der Waals surface area (Å²) in [6.07, 6.45) is 0. The highest BCUT2D eigenvalue weighted by molar-refractivity contribution is 7.22. The van der Waals surface area contributed by atoms with Crippen molar-refractivity contribution in [3.8, 4) is 5.75 Å². The van der Waals surface area contributed by atoms with Crippen LogP contribution < -0.4 is 9.64 Å². The van der Waals surface area contributed by atoms with Gasteiger partial charge < -0.3 is 9.64 Å². The van der Waals surface area contributed by atoms with Gasteiger partial charge in [-0.15, -0.1) is 0 Å². The van der Waals surface area contributed by atoms with Gasteiger partial charge in [-0.05, 0) is 49.5 Å². The zero-order valence-corrected chi connectivity index (χ0v) is 18.9.